The number of aromatic nitrogens is 5. The third-order valence-electron chi connectivity index (χ3n) is 3.77. The van der Waals surface area contributed by atoms with E-state index in [0.717, 1.165) is 15.9 Å². The summed E-state index contributed by atoms with van der Waals surface area (Å²) < 4.78 is 1.08. The molecular weight excluding hydrogens is 362 g/mol. The van der Waals surface area contributed by atoms with Gasteiger partial charge in [0.25, 0.3) is 0 Å². The molecule has 0 unspecified atom stereocenters. The van der Waals surface area contributed by atoms with E-state index in [2.05, 4.69) is 35.6 Å². The van der Waals surface area contributed by atoms with Crippen LogP contribution in [0.5, 0.6) is 0 Å². The summed E-state index contributed by atoms with van der Waals surface area (Å²) in [5.74, 6) is 1.10. The maximum atomic E-state index is 11.7. The summed E-state index contributed by atoms with van der Waals surface area (Å²) in [6.07, 6.45) is 0. The van der Waals surface area contributed by atoms with Gasteiger partial charge in [-0.1, -0.05) is 0 Å². The van der Waals surface area contributed by atoms with Crippen molar-refractivity contribution in [2.75, 3.05) is 10.6 Å². The third kappa shape index (κ3) is 3.59. The summed E-state index contributed by atoms with van der Waals surface area (Å²) in [5.41, 5.74) is 4.45. The first-order valence-electron chi connectivity index (χ1n) is 8.46. The fourth-order valence-electron chi connectivity index (χ4n) is 2.63. The van der Waals surface area contributed by atoms with Gasteiger partial charge in [0.1, 0.15) is 5.52 Å². The monoisotopic (exact) mass is 381 g/mol. The summed E-state index contributed by atoms with van der Waals surface area (Å²) in [6.45, 7) is 7.57. The number of fused-ring (bicyclic) bond motifs is 2. The van der Waals surface area contributed by atoms with E-state index >= 15 is 0 Å². The van der Waals surface area contributed by atoms with Gasteiger partial charge in [0.15, 0.2) is 23.1 Å². The smallest absolute Gasteiger partial charge is 0.231 e. The molecule has 1 aromatic carbocycles. The van der Waals surface area contributed by atoms with Crippen molar-refractivity contribution in [1.82, 2.24) is 24.9 Å². The largest absolute Gasteiger partial charge is 0.364 e. The fourth-order valence-corrected chi connectivity index (χ4v) is 3.34. The highest BCUT2D eigenvalue weighted by atomic mass is 32.1. The summed E-state index contributed by atoms with van der Waals surface area (Å²) in [4.78, 5) is 32.4. The maximum Gasteiger partial charge on any atom is 0.231 e. The number of aromatic amines is 1. The van der Waals surface area contributed by atoms with Crippen molar-refractivity contribution in [3.05, 3.63) is 29.5 Å². The van der Waals surface area contributed by atoms with Gasteiger partial charge in [0.2, 0.25) is 5.95 Å². The number of thiazole rings is 1. The highest BCUT2D eigenvalue weighted by molar-refractivity contribution is 7.16. The maximum absolute atomic E-state index is 11.7. The van der Waals surface area contributed by atoms with Gasteiger partial charge >= 0.3 is 0 Å². The zero-order valence-corrected chi connectivity index (χ0v) is 16.2. The van der Waals surface area contributed by atoms with Crippen LogP contribution < -0.4 is 10.6 Å². The summed E-state index contributed by atoms with van der Waals surface area (Å²) in [7, 11) is 0. The van der Waals surface area contributed by atoms with Gasteiger partial charge < -0.3 is 15.6 Å². The van der Waals surface area contributed by atoms with Crippen molar-refractivity contribution in [2.24, 2.45) is 0 Å². The van der Waals surface area contributed by atoms with Crippen LogP contribution in [0.3, 0.4) is 0 Å². The molecule has 0 spiro atoms. The first-order valence-corrected chi connectivity index (χ1v) is 9.34. The van der Waals surface area contributed by atoms with Crippen molar-refractivity contribution in [2.45, 2.75) is 33.2 Å². The van der Waals surface area contributed by atoms with Gasteiger partial charge in [-0.3, -0.25) is 4.79 Å². The molecule has 0 radical (unpaired) electrons. The first kappa shape index (κ1) is 17.3. The number of nitrogens with one attached hydrogen (secondary N) is 3. The molecule has 0 amide bonds. The molecule has 8 nitrogen and oxygen atoms in total. The van der Waals surface area contributed by atoms with E-state index in [1.165, 1.54) is 6.92 Å². The van der Waals surface area contributed by atoms with Crippen LogP contribution in [0.1, 0.15) is 38.3 Å². The lowest BCUT2D eigenvalue weighted by molar-refractivity contribution is 0.100. The van der Waals surface area contributed by atoms with E-state index in [9.17, 15) is 4.79 Å². The number of carbonyl (C=O) groups is 1. The van der Waals surface area contributed by atoms with Gasteiger partial charge in [-0.2, -0.15) is 9.97 Å². The molecule has 0 aliphatic heterocycles. The van der Waals surface area contributed by atoms with E-state index < -0.39 is 0 Å². The average Bonchev–Trinajstić information content (AvgIpc) is 3.19. The lowest BCUT2D eigenvalue weighted by Crippen LogP contribution is -2.27. The van der Waals surface area contributed by atoms with Crippen LogP contribution in [-0.4, -0.2) is 36.2 Å². The minimum Gasteiger partial charge on any atom is -0.364 e. The van der Waals surface area contributed by atoms with Gasteiger partial charge in [0.05, 0.1) is 15.7 Å². The molecule has 0 fully saturated rings. The Bertz CT molecular complexity index is 1160. The first-order chi connectivity index (χ1) is 12.8. The Balaban J connectivity index is 1.78. The molecule has 9 heteroatoms. The molecule has 0 bridgehead atoms. The third-order valence-corrected chi connectivity index (χ3v) is 4.56. The zero-order chi connectivity index (χ0) is 19.2. The number of hydrogen-bond acceptors (Lipinski definition) is 8. The Hall–Kier alpha value is -3.07. The van der Waals surface area contributed by atoms with Crippen molar-refractivity contribution in [3.8, 4) is 0 Å². The fraction of sp³-hybridized carbons (Fsp3) is 0.278. The van der Waals surface area contributed by atoms with E-state index in [-0.39, 0.29) is 17.1 Å². The second-order valence-electron chi connectivity index (χ2n) is 7.27. The van der Waals surface area contributed by atoms with Gasteiger partial charge in [-0.05, 0) is 39.0 Å². The summed E-state index contributed by atoms with van der Waals surface area (Å²) in [5, 5.41) is 6.57. The molecule has 0 saturated heterocycles. The molecule has 0 aliphatic carbocycles. The van der Waals surface area contributed by atoms with Crippen LogP contribution in [-0.2, 0) is 0 Å². The van der Waals surface area contributed by atoms with Gasteiger partial charge in [-0.25, -0.2) is 9.97 Å². The van der Waals surface area contributed by atoms with Crippen LogP contribution in [0.15, 0.2) is 23.7 Å². The summed E-state index contributed by atoms with van der Waals surface area (Å²) >= 11 is 1.57. The van der Waals surface area contributed by atoms with Crippen molar-refractivity contribution >= 4 is 56.0 Å². The zero-order valence-electron chi connectivity index (χ0n) is 15.4. The Kier molecular flexibility index (Phi) is 4.03. The number of rotatable bonds is 4. The molecule has 0 saturated carbocycles. The molecule has 3 aromatic heterocycles. The van der Waals surface area contributed by atoms with Crippen LogP contribution >= 0.6 is 11.3 Å². The molecular formula is C18H19N7OS. The van der Waals surface area contributed by atoms with E-state index in [1.807, 2.05) is 44.5 Å². The lowest BCUT2D eigenvalue weighted by atomic mass is 10.1. The Morgan fingerprint density at radius 1 is 1.19 bits per heavy atom. The number of hydrogen-bond donors (Lipinski definition) is 3. The number of imidazole rings is 1. The second kappa shape index (κ2) is 6.27. The predicted octanol–water partition coefficient (Wildman–Crippen LogP) is 4.12. The lowest BCUT2D eigenvalue weighted by Gasteiger charge is -2.21. The molecule has 4 rings (SSSR count). The molecule has 4 aromatic rings. The quantitative estimate of drug-likeness (QED) is 0.456. The van der Waals surface area contributed by atoms with Crippen molar-refractivity contribution in [1.29, 1.82) is 0 Å². The van der Waals surface area contributed by atoms with Crippen LogP contribution in [0.25, 0.3) is 21.4 Å². The van der Waals surface area contributed by atoms with Crippen LogP contribution in [0.4, 0.5) is 17.5 Å². The topological polar surface area (TPSA) is 108 Å². The van der Waals surface area contributed by atoms with E-state index in [0.29, 0.717) is 22.9 Å². The molecule has 0 atom stereocenters. The van der Waals surface area contributed by atoms with E-state index in [1.54, 1.807) is 11.3 Å². The SMILES string of the molecule is CC(=O)c1nc2nc(Nc3ccc4ncsc4c3)nc(NC(C)(C)C)c2[nH]1. The number of nitrogens with zero attached hydrogens (tertiary/aromatic N) is 4. The molecule has 3 heterocycles. The highest BCUT2D eigenvalue weighted by Gasteiger charge is 2.19. The number of ketones is 1. The van der Waals surface area contributed by atoms with Crippen molar-refractivity contribution in [3.63, 3.8) is 0 Å². The minimum atomic E-state index is -0.221. The standard InChI is InChI=1S/C18H19N7OS/c1-9(26)14-21-13-15(22-14)23-17(24-16(13)25-18(2,3)4)20-10-5-6-11-12(7-10)27-8-19-11/h5-8H,1-4H3,(H3,20,21,22,23,24,25). The number of carbonyl (C=O) groups excluding carboxylic acids is 1. The predicted molar refractivity (Wildman–Crippen MR) is 108 cm³/mol. The highest BCUT2D eigenvalue weighted by Crippen LogP contribution is 2.27. The van der Waals surface area contributed by atoms with Crippen LogP contribution in [0, 0.1) is 0 Å². The Labute approximate surface area is 159 Å². The normalized spacial score (nSPS) is 11.9. The van der Waals surface area contributed by atoms with Crippen LogP contribution in [0.2, 0.25) is 0 Å². The molecule has 0 aliphatic rings. The van der Waals surface area contributed by atoms with Gasteiger partial charge in [-0.15, -0.1) is 11.3 Å². The number of H-pyrrole nitrogens is 1. The minimum absolute atomic E-state index is 0.153. The Morgan fingerprint density at radius 2 is 2.00 bits per heavy atom. The number of benzene rings is 1. The second-order valence-corrected chi connectivity index (χ2v) is 8.16. The molecule has 138 valence electrons. The average molecular weight is 381 g/mol. The number of Topliss-reactive ketones (excluding diaryl/α,β-unsaturated/α-hetero) is 1. The number of anilines is 3. The van der Waals surface area contributed by atoms with Gasteiger partial charge in [0, 0.05) is 18.2 Å². The van der Waals surface area contributed by atoms with E-state index in [4.69, 9.17) is 0 Å². The molecule has 3 N–H and O–H groups in total. The summed E-state index contributed by atoms with van der Waals surface area (Å²) in [6, 6.07) is 5.88. The van der Waals surface area contributed by atoms with Crippen molar-refractivity contribution < 1.29 is 4.79 Å². The Morgan fingerprint density at radius 3 is 2.74 bits per heavy atom. The molecule has 27 heavy (non-hydrogen) atoms.